The summed E-state index contributed by atoms with van der Waals surface area (Å²) in [4.78, 5) is 29.7. The molecule has 2 heterocycles. The number of hydrogen-bond acceptors (Lipinski definition) is 5. The Bertz CT molecular complexity index is 1460. The maximum absolute atomic E-state index is 14.0. The van der Waals surface area contributed by atoms with Gasteiger partial charge >= 0.3 is 12.1 Å². The number of alkyl halides is 3. The second kappa shape index (κ2) is 9.40. The molecule has 1 aromatic heterocycles. The van der Waals surface area contributed by atoms with Gasteiger partial charge in [-0.3, -0.25) is 9.36 Å². The van der Waals surface area contributed by atoms with Gasteiger partial charge < -0.3 is 4.74 Å². The molecular weight excluding hydrogens is 512 g/mol. The maximum Gasteiger partial charge on any atom is 0.434 e. The highest BCUT2D eigenvalue weighted by Crippen LogP contribution is 2.38. The number of nitrogens with zero attached hydrogens (tertiary/aromatic N) is 2. The molecular formula is C23H15Cl2F3N2O3S. The Hall–Kier alpha value is -2.88. The van der Waals surface area contributed by atoms with Crippen LogP contribution in [0.1, 0.15) is 24.1 Å². The van der Waals surface area contributed by atoms with Crippen molar-refractivity contribution < 1.29 is 22.7 Å². The van der Waals surface area contributed by atoms with Crippen LogP contribution in [0.2, 0.25) is 10.0 Å². The van der Waals surface area contributed by atoms with E-state index >= 15 is 0 Å². The molecule has 4 rings (SSSR count). The van der Waals surface area contributed by atoms with Crippen LogP contribution in [0.15, 0.2) is 69.6 Å². The standard InChI is InChI=1S/C23H15Cl2F3N2O3S/c1-2-33-21(32)17-18(13-5-9-15(25)10-6-13)30-20(31)16(11-12-3-7-14(24)8-4-12)34-22(30)29-19(17)23(26,27)28/h3-11,18H,2H2,1H3/b16-11-/t18-/m0/s1. The topological polar surface area (TPSA) is 60.7 Å². The number of hydrogen-bond donors (Lipinski definition) is 0. The minimum absolute atomic E-state index is 0.145. The molecule has 0 unspecified atom stereocenters. The first-order chi connectivity index (χ1) is 16.1. The molecule has 5 nitrogen and oxygen atoms in total. The van der Waals surface area contributed by atoms with Crippen molar-refractivity contribution in [1.29, 1.82) is 0 Å². The first-order valence-corrected chi connectivity index (χ1v) is 11.5. The SMILES string of the molecule is CCOC(=O)C1=C(C(F)(F)F)N=c2s/c(=C\c3ccc(Cl)cc3)c(=O)n2[C@H]1c1ccc(Cl)cc1. The van der Waals surface area contributed by atoms with Crippen molar-refractivity contribution >= 4 is 46.6 Å². The molecule has 1 atom stereocenters. The van der Waals surface area contributed by atoms with Crippen LogP contribution >= 0.6 is 34.5 Å². The fourth-order valence-electron chi connectivity index (χ4n) is 3.51. The van der Waals surface area contributed by atoms with Gasteiger partial charge in [0.1, 0.15) is 0 Å². The highest BCUT2D eigenvalue weighted by Gasteiger charge is 2.45. The largest absolute Gasteiger partial charge is 0.463 e. The summed E-state index contributed by atoms with van der Waals surface area (Å²) < 4.78 is 48.3. The number of carbonyl (C=O) groups excluding carboxylic acids is 1. The van der Waals surface area contributed by atoms with Gasteiger partial charge in [0.15, 0.2) is 10.5 Å². The number of thiazole rings is 1. The van der Waals surface area contributed by atoms with E-state index in [1.807, 2.05) is 0 Å². The first-order valence-electron chi connectivity index (χ1n) is 9.91. The van der Waals surface area contributed by atoms with Crippen molar-refractivity contribution in [3.8, 4) is 0 Å². The molecule has 0 saturated carbocycles. The van der Waals surface area contributed by atoms with Crippen LogP contribution in [0, 0.1) is 0 Å². The Balaban J connectivity index is 2.04. The van der Waals surface area contributed by atoms with Gasteiger partial charge in [-0.25, -0.2) is 9.79 Å². The van der Waals surface area contributed by atoms with E-state index in [1.165, 1.54) is 37.3 Å². The van der Waals surface area contributed by atoms with Gasteiger partial charge in [-0.2, -0.15) is 13.2 Å². The number of benzene rings is 2. The summed E-state index contributed by atoms with van der Waals surface area (Å²) in [6, 6.07) is 11.0. The van der Waals surface area contributed by atoms with Gasteiger partial charge in [0.05, 0.1) is 22.8 Å². The van der Waals surface area contributed by atoms with Crippen LogP contribution in [0.3, 0.4) is 0 Å². The zero-order valence-corrected chi connectivity index (χ0v) is 19.7. The van der Waals surface area contributed by atoms with Crippen molar-refractivity contribution in [3.05, 3.63) is 101 Å². The van der Waals surface area contributed by atoms with Crippen LogP contribution in [0.25, 0.3) is 6.08 Å². The third-order valence-corrected chi connectivity index (χ3v) is 6.44. The summed E-state index contributed by atoms with van der Waals surface area (Å²) in [6.07, 6.45) is -3.43. The second-order valence-electron chi connectivity index (χ2n) is 7.17. The van der Waals surface area contributed by atoms with Crippen molar-refractivity contribution in [2.45, 2.75) is 19.1 Å². The first kappa shape index (κ1) is 24.3. The molecule has 1 aliphatic rings. The summed E-state index contributed by atoms with van der Waals surface area (Å²) in [6.45, 7) is 1.33. The Morgan fingerprint density at radius 2 is 1.71 bits per heavy atom. The number of esters is 1. The minimum atomic E-state index is -4.96. The molecule has 176 valence electrons. The second-order valence-corrected chi connectivity index (χ2v) is 9.05. The quantitative estimate of drug-likeness (QED) is 0.465. The number of fused-ring (bicyclic) bond motifs is 1. The van der Waals surface area contributed by atoms with Crippen LogP contribution in [0.4, 0.5) is 13.2 Å². The van der Waals surface area contributed by atoms with Gasteiger partial charge in [-0.1, -0.05) is 58.8 Å². The number of allylic oxidation sites excluding steroid dienone is 1. The lowest BCUT2D eigenvalue weighted by atomic mass is 9.95. The molecule has 2 aromatic carbocycles. The lowest BCUT2D eigenvalue weighted by Gasteiger charge is -2.26. The van der Waals surface area contributed by atoms with Crippen LogP contribution in [0.5, 0.6) is 0 Å². The monoisotopic (exact) mass is 526 g/mol. The van der Waals surface area contributed by atoms with Crippen molar-refractivity contribution in [2.24, 2.45) is 4.99 Å². The average molecular weight is 527 g/mol. The number of carbonyl (C=O) groups is 1. The summed E-state index contributed by atoms with van der Waals surface area (Å²) in [7, 11) is 0. The van der Waals surface area contributed by atoms with E-state index < -0.39 is 35.0 Å². The molecule has 34 heavy (non-hydrogen) atoms. The van der Waals surface area contributed by atoms with Crippen LogP contribution in [-0.2, 0) is 9.53 Å². The van der Waals surface area contributed by atoms with E-state index in [0.29, 0.717) is 15.6 Å². The Morgan fingerprint density at radius 1 is 1.12 bits per heavy atom. The van der Waals surface area contributed by atoms with Gasteiger partial charge in [-0.05, 0) is 48.4 Å². The molecule has 1 aliphatic heterocycles. The number of halogens is 5. The zero-order valence-electron chi connectivity index (χ0n) is 17.4. The summed E-state index contributed by atoms with van der Waals surface area (Å²) in [5, 5.41) is 0.840. The van der Waals surface area contributed by atoms with Crippen molar-refractivity contribution in [3.63, 3.8) is 0 Å². The highest BCUT2D eigenvalue weighted by molar-refractivity contribution is 7.07. The lowest BCUT2D eigenvalue weighted by molar-refractivity contribution is -0.140. The maximum atomic E-state index is 14.0. The van der Waals surface area contributed by atoms with E-state index in [4.69, 9.17) is 27.9 Å². The smallest absolute Gasteiger partial charge is 0.434 e. The van der Waals surface area contributed by atoms with E-state index in [0.717, 1.165) is 15.9 Å². The Kier molecular flexibility index (Phi) is 6.71. The third-order valence-electron chi connectivity index (χ3n) is 4.95. The zero-order chi connectivity index (χ0) is 24.6. The van der Waals surface area contributed by atoms with Gasteiger partial charge in [0.2, 0.25) is 0 Å². The van der Waals surface area contributed by atoms with Crippen LogP contribution in [-0.4, -0.2) is 23.3 Å². The summed E-state index contributed by atoms with van der Waals surface area (Å²) in [5.41, 5.74) is -1.88. The molecule has 0 amide bonds. The van der Waals surface area contributed by atoms with Crippen molar-refractivity contribution in [2.75, 3.05) is 6.61 Å². The molecule has 0 spiro atoms. The number of aromatic nitrogens is 1. The molecule has 0 bridgehead atoms. The Morgan fingerprint density at radius 3 is 2.26 bits per heavy atom. The van der Waals surface area contributed by atoms with E-state index in [9.17, 15) is 22.8 Å². The van der Waals surface area contributed by atoms with E-state index in [-0.39, 0.29) is 21.5 Å². The fourth-order valence-corrected chi connectivity index (χ4v) is 4.76. The molecule has 0 radical (unpaired) electrons. The molecule has 11 heteroatoms. The van der Waals surface area contributed by atoms with Crippen molar-refractivity contribution in [1.82, 2.24) is 4.57 Å². The molecule has 0 aliphatic carbocycles. The fraction of sp³-hybridized carbons (Fsp3) is 0.174. The number of ether oxygens (including phenoxy) is 1. The molecule has 0 fully saturated rings. The van der Waals surface area contributed by atoms with E-state index in [2.05, 4.69) is 4.99 Å². The van der Waals surface area contributed by atoms with Gasteiger partial charge in [0.25, 0.3) is 5.56 Å². The summed E-state index contributed by atoms with van der Waals surface area (Å²) in [5.74, 6) is -1.20. The van der Waals surface area contributed by atoms with Crippen LogP contribution < -0.4 is 14.9 Å². The third kappa shape index (κ3) is 4.68. The molecule has 0 N–H and O–H groups in total. The van der Waals surface area contributed by atoms with Gasteiger partial charge in [0, 0.05) is 10.0 Å². The molecule has 3 aromatic rings. The lowest BCUT2D eigenvalue weighted by Crippen LogP contribution is -2.41. The Labute approximate surface area is 205 Å². The summed E-state index contributed by atoms with van der Waals surface area (Å²) >= 11 is 12.6. The average Bonchev–Trinajstić information content (AvgIpc) is 3.09. The number of rotatable bonds is 4. The predicted octanol–water partition coefficient (Wildman–Crippen LogP) is 4.65. The molecule has 0 saturated heterocycles. The normalized spacial score (nSPS) is 16.3. The van der Waals surface area contributed by atoms with Gasteiger partial charge in [-0.15, -0.1) is 0 Å². The highest BCUT2D eigenvalue weighted by atomic mass is 35.5. The predicted molar refractivity (Wildman–Crippen MR) is 124 cm³/mol. The van der Waals surface area contributed by atoms with E-state index in [1.54, 1.807) is 24.3 Å². The minimum Gasteiger partial charge on any atom is -0.463 e.